The average Bonchev–Trinajstić information content (AvgIpc) is 2.50. The van der Waals surface area contributed by atoms with E-state index in [1.165, 1.54) is 12.2 Å². The van der Waals surface area contributed by atoms with Crippen LogP contribution in [0.25, 0.3) is 10.8 Å². The van der Waals surface area contributed by atoms with Crippen molar-refractivity contribution in [3.05, 3.63) is 72.8 Å². The molecule has 3 rings (SSSR count). The van der Waals surface area contributed by atoms with Gasteiger partial charge in [-0.1, -0.05) is 42.5 Å². The molecule has 106 valence electrons. The molecule has 0 fully saturated rings. The highest BCUT2D eigenvalue weighted by Crippen LogP contribution is 2.36. The fourth-order valence-electron chi connectivity index (χ4n) is 2.73. The Labute approximate surface area is 123 Å². The van der Waals surface area contributed by atoms with Gasteiger partial charge in [-0.15, -0.1) is 6.58 Å². The number of carbonyl (C=O) groups is 1. The first-order chi connectivity index (χ1) is 10.2. The Morgan fingerprint density at radius 2 is 2.00 bits per heavy atom. The molecule has 0 spiro atoms. The van der Waals surface area contributed by atoms with Crippen molar-refractivity contribution in [1.82, 2.24) is 0 Å². The first-order valence-electron chi connectivity index (χ1n) is 6.84. The van der Waals surface area contributed by atoms with E-state index in [4.69, 9.17) is 4.74 Å². The maximum Gasteiger partial charge on any atom is 0.192 e. The number of aliphatic hydroxyl groups is 1. The number of hydrogen-bond acceptors (Lipinski definition) is 3. The van der Waals surface area contributed by atoms with Gasteiger partial charge in [-0.05, 0) is 34.6 Å². The second-order valence-electron chi connectivity index (χ2n) is 5.11. The van der Waals surface area contributed by atoms with Crippen molar-refractivity contribution in [3.63, 3.8) is 0 Å². The summed E-state index contributed by atoms with van der Waals surface area (Å²) in [5, 5.41) is 11.9. The van der Waals surface area contributed by atoms with Gasteiger partial charge in [0, 0.05) is 6.42 Å². The molecule has 0 radical (unpaired) electrons. The fourth-order valence-corrected chi connectivity index (χ4v) is 2.73. The largest absolute Gasteiger partial charge is 0.365 e. The van der Waals surface area contributed by atoms with E-state index in [2.05, 4.69) is 6.58 Å². The average molecular weight is 280 g/mol. The molecule has 1 heterocycles. The van der Waals surface area contributed by atoms with E-state index in [-0.39, 0.29) is 5.78 Å². The van der Waals surface area contributed by atoms with Crippen molar-refractivity contribution in [2.24, 2.45) is 0 Å². The normalized spacial score (nSPS) is 25.2. The molecular formula is C18H16O3. The molecule has 2 aromatic rings. The minimum atomic E-state index is -1.19. The highest BCUT2D eigenvalue weighted by molar-refractivity contribution is 5.99. The molecule has 0 saturated heterocycles. The third kappa shape index (κ3) is 2.31. The van der Waals surface area contributed by atoms with Crippen LogP contribution in [-0.4, -0.2) is 17.2 Å². The number of rotatable bonds is 3. The predicted octanol–water partition coefficient (Wildman–Crippen LogP) is 3.09. The summed E-state index contributed by atoms with van der Waals surface area (Å²) in [6.45, 7) is 3.71. The summed E-state index contributed by atoms with van der Waals surface area (Å²) in [6.07, 6.45) is 3.59. The minimum Gasteiger partial charge on any atom is -0.365 e. The second kappa shape index (κ2) is 5.28. The predicted molar refractivity (Wildman–Crippen MR) is 81.7 cm³/mol. The SMILES string of the molecule is C=CCC1(c2ccc3ccccc3c2)OC(O)C=CC1=O. The lowest BCUT2D eigenvalue weighted by molar-refractivity contribution is -0.181. The van der Waals surface area contributed by atoms with E-state index >= 15 is 0 Å². The molecular weight excluding hydrogens is 264 g/mol. The van der Waals surface area contributed by atoms with E-state index in [0.717, 1.165) is 16.3 Å². The Balaban J connectivity index is 2.17. The van der Waals surface area contributed by atoms with Crippen molar-refractivity contribution in [1.29, 1.82) is 0 Å². The van der Waals surface area contributed by atoms with Crippen LogP contribution in [0.3, 0.4) is 0 Å². The van der Waals surface area contributed by atoms with Crippen LogP contribution < -0.4 is 0 Å². The third-order valence-electron chi connectivity index (χ3n) is 3.78. The van der Waals surface area contributed by atoms with Gasteiger partial charge in [-0.3, -0.25) is 4.79 Å². The molecule has 1 aliphatic heterocycles. The highest BCUT2D eigenvalue weighted by atomic mass is 16.6. The number of benzene rings is 2. The molecule has 1 aliphatic rings. The van der Waals surface area contributed by atoms with Crippen LogP contribution in [0.5, 0.6) is 0 Å². The van der Waals surface area contributed by atoms with Gasteiger partial charge in [0.05, 0.1) is 0 Å². The van der Waals surface area contributed by atoms with Gasteiger partial charge in [-0.2, -0.15) is 0 Å². The number of aliphatic hydroxyl groups excluding tert-OH is 1. The zero-order valence-electron chi connectivity index (χ0n) is 11.5. The lowest BCUT2D eigenvalue weighted by Crippen LogP contribution is -2.43. The van der Waals surface area contributed by atoms with Crippen molar-refractivity contribution in [3.8, 4) is 0 Å². The highest BCUT2D eigenvalue weighted by Gasteiger charge is 2.42. The fraction of sp³-hybridized carbons (Fsp3) is 0.167. The van der Waals surface area contributed by atoms with Crippen LogP contribution in [0.15, 0.2) is 67.3 Å². The molecule has 2 atom stereocenters. The summed E-state index contributed by atoms with van der Waals surface area (Å²) in [4.78, 5) is 12.4. The minimum absolute atomic E-state index is 0.178. The molecule has 0 aliphatic carbocycles. The van der Waals surface area contributed by atoms with E-state index in [0.29, 0.717) is 6.42 Å². The first kappa shape index (κ1) is 13.7. The lowest BCUT2D eigenvalue weighted by Gasteiger charge is -2.35. The zero-order valence-corrected chi connectivity index (χ0v) is 11.5. The van der Waals surface area contributed by atoms with Gasteiger partial charge >= 0.3 is 0 Å². The maximum atomic E-state index is 12.4. The molecule has 0 aromatic heterocycles. The van der Waals surface area contributed by atoms with Crippen LogP contribution in [0.2, 0.25) is 0 Å². The smallest absolute Gasteiger partial charge is 0.192 e. The standard InChI is InChI=1S/C18H16O3/c1-2-11-18(16(19)9-10-17(20)21-18)15-8-7-13-5-3-4-6-14(13)12-15/h2-10,12,17,20H,1,11H2. The Morgan fingerprint density at radius 1 is 1.24 bits per heavy atom. The summed E-state index contributed by atoms with van der Waals surface area (Å²) in [5.74, 6) is -0.178. The van der Waals surface area contributed by atoms with Gasteiger partial charge in [0.1, 0.15) is 0 Å². The van der Waals surface area contributed by atoms with Gasteiger partial charge in [0.25, 0.3) is 0 Å². The van der Waals surface area contributed by atoms with Gasteiger partial charge in [-0.25, -0.2) is 0 Å². The topological polar surface area (TPSA) is 46.5 Å². The summed E-state index contributed by atoms with van der Waals surface area (Å²) in [6, 6.07) is 13.7. The van der Waals surface area contributed by atoms with Crippen LogP contribution >= 0.6 is 0 Å². The van der Waals surface area contributed by atoms with Gasteiger partial charge < -0.3 is 9.84 Å². The Morgan fingerprint density at radius 3 is 2.76 bits per heavy atom. The van der Waals surface area contributed by atoms with Crippen molar-refractivity contribution < 1.29 is 14.6 Å². The van der Waals surface area contributed by atoms with E-state index in [1.54, 1.807) is 6.08 Å². The van der Waals surface area contributed by atoms with E-state index < -0.39 is 11.9 Å². The molecule has 3 heteroatoms. The van der Waals surface area contributed by atoms with Crippen LogP contribution in [0, 0.1) is 0 Å². The Hall–Kier alpha value is -2.23. The van der Waals surface area contributed by atoms with Crippen molar-refractivity contribution in [2.75, 3.05) is 0 Å². The zero-order chi connectivity index (χ0) is 14.9. The summed E-state index contributed by atoms with van der Waals surface area (Å²) < 4.78 is 5.61. The van der Waals surface area contributed by atoms with Gasteiger partial charge in [0.2, 0.25) is 0 Å². The third-order valence-corrected chi connectivity index (χ3v) is 3.78. The molecule has 2 unspecified atom stereocenters. The van der Waals surface area contributed by atoms with Crippen LogP contribution in [0.1, 0.15) is 12.0 Å². The first-order valence-corrected chi connectivity index (χ1v) is 6.84. The molecule has 1 N–H and O–H groups in total. The Kier molecular flexibility index (Phi) is 3.45. The number of ketones is 1. The maximum absolute atomic E-state index is 12.4. The second-order valence-corrected chi connectivity index (χ2v) is 5.11. The summed E-state index contributed by atoms with van der Waals surface area (Å²) in [7, 11) is 0. The number of hydrogen-bond donors (Lipinski definition) is 1. The Bertz CT molecular complexity index is 732. The summed E-state index contributed by atoms with van der Waals surface area (Å²) in [5.41, 5.74) is -0.463. The summed E-state index contributed by atoms with van der Waals surface area (Å²) >= 11 is 0. The number of fused-ring (bicyclic) bond motifs is 1. The van der Waals surface area contributed by atoms with Crippen molar-refractivity contribution >= 4 is 16.6 Å². The molecule has 0 saturated carbocycles. The van der Waals surface area contributed by atoms with Crippen LogP contribution in [-0.2, 0) is 15.1 Å². The number of carbonyl (C=O) groups excluding carboxylic acids is 1. The van der Waals surface area contributed by atoms with Gasteiger partial charge in [0.15, 0.2) is 17.7 Å². The number of ether oxygens (including phenoxy) is 1. The molecule has 3 nitrogen and oxygen atoms in total. The lowest BCUT2D eigenvalue weighted by atomic mass is 9.83. The molecule has 21 heavy (non-hydrogen) atoms. The van der Waals surface area contributed by atoms with Crippen molar-refractivity contribution in [2.45, 2.75) is 18.3 Å². The molecule has 0 bridgehead atoms. The monoisotopic (exact) mass is 280 g/mol. The molecule has 2 aromatic carbocycles. The van der Waals surface area contributed by atoms with E-state index in [1.807, 2.05) is 42.5 Å². The van der Waals surface area contributed by atoms with E-state index in [9.17, 15) is 9.90 Å². The molecule has 0 amide bonds. The van der Waals surface area contributed by atoms with Crippen LogP contribution in [0.4, 0.5) is 0 Å². The quantitative estimate of drug-likeness (QED) is 0.879.